The van der Waals surface area contributed by atoms with Gasteiger partial charge in [-0.3, -0.25) is 9.05 Å². The molecule has 0 spiro atoms. The number of phosphoric acid groups is 1. The fraction of sp³-hybridized carbons (Fsp3) is 1.00. The van der Waals surface area contributed by atoms with E-state index in [0.29, 0.717) is 13.8 Å². The normalized spacial score (nSPS) is 16.0. The Bertz CT molecular complexity index is 1260. The molecule has 0 bridgehead atoms. The van der Waals surface area contributed by atoms with Crippen LogP contribution in [0, 0.1) is 0 Å². The summed E-state index contributed by atoms with van der Waals surface area (Å²) in [4.78, 5) is 9.45. The second-order valence-corrected chi connectivity index (χ2v) is 13.9. The zero-order valence-electron chi connectivity index (χ0n) is 22.5. The van der Waals surface area contributed by atoms with E-state index in [-0.39, 0.29) is 0 Å². The highest BCUT2D eigenvalue weighted by Crippen LogP contribution is 2.56. The fourth-order valence-electron chi connectivity index (χ4n) is 2.82. The predicted molar refractivity (Wildman–Crippen MR) is 116 cm³/mol. The molecule has 0 atom stereocenters. The van der Waals surface area contributed by atoms with Crippen LogP contribution in [0.25, 0.3) is 0 Å². The van der Waals surface area contributed by atoms with Gasteiger partial charge in [0, 0.05) is 26.2 Å². The van der Waals surface area contributed by atoms with Crippen LogP contribution in [0.15, 0.2) is 0 Å². The second kappa shape index (κ2) is 13.8. The van der Waals surface area contributed by atoms with Gasteiger partial charge in [-0.15, -0.1) is 0 Å². The van der Waals surface area contributed by atoms with Crippen LogP contribution in [0.1, 0.15) is 13.8 Å². The molecule has 0 aliphatic carbocycles. The smallest absolute Gasteiger partial charge is 0.302 e. The fourth-order valence-corrected chi connectivity index (χ4v) is 6.38. The molecule has 1 N–H and O–H groups in total. The van der Waals surface area contributed by atoms with Crippen molar-refractivity contribution < 1.29 is 114 Å². The molecule has 0 saturated carbocycles. The van der Waals surface area contributed by atoms with E-state index in [2.05, 4.69) is 9.05 Å². The van der Waals surface area contributed by atoms with Gasteiger partial charge in [0.1, 0.15) is 0 Å². The number of nitrogens with zero attached hydrogens (tertiary/aromatic N) is 2. The van der Waals surface area contributed by atoms with Crippen molar-refractivity contribution in [2.45, 2.75) is 60.4 Å². The molecule has 284 valence electrons. The monoisotopic (exact) mass is 804 g/mol. The number of alkyl halides is 18. The lowest BCUT2D eigenvalue weighted by Crippen LogP contribution is -2.65. The van der Waals surface area contributed by atoms with Gasteiger partial charge in [0.25, 0.3) is 20.0 Å². The molecule has 31 heteroatoms. The van der Waals surface area contributed by atoms with E-state index in [1.807, 2.05) is 0 Å². The molecule has 0 aromatic heterocycles. The highest BCUT2D eigenvalue weighted by atomic mass is 32.2. The zero-order valence-corrected chi connectivity index (χ0v) is 25.0. The predicted octanol–water partition coefficient (Wildman–Crippen LogP) is 5.27. The Morgan fingerprint density at radius 1 is 0.532 bits per heavy atom. The van der Waals surface area contributed by atoms with Gasteiger partial charge in [-0.25, -0.2) is 21.4 Å². The lowest BCUT2D eigenvalue weighted by molar-refractivity contribution is -0.382. The number of sulfonamides is 2. The van der Waals surface area contributed by atoms with E-state index in [1.54, 1.807) is 0 Å². The average molecular weight is 804 g/mol. The lowest BCUT2D eigenvalue weighted by atomic mass is 10.1. The molecule has 0 aliphatic heterocycles. The third-order valence-corrected chi connectivity index (χ3v) is 10.5. The van der Waals surface area contributed by atoms with Crippen LogP contribution >= 0.6 is 7.82 Å². The topological polar surface area (TPSA) is 131 Å². The number of hydrogen-bond donors (Lipinski definition) is 1. The Morgan fingerprint density at radius 2 is 0.766 bits per heavy atom. The number of halogens is 18. The summed E-state index contributed by atoms with van der Waals surface area (Å²) in [5.74, 6) is -30.6. The van der Waals surface area contributed by atoms with Crippen molar-refractivity contribution in [1.82, 2.24) is 8.61 Å². The molecule has 0 unspecified atom stereocenters. The van der Waals surface area contributed by atoms with Crippen molar-refractivity contribution in [2.24, 2.45) is 0 Å². The van der Waals surface area contributed by atoms with Crippen molar-refractivity contribution in [3.05, 3.63) is 0 Å². The Kier molecular flexibility index (Phi) is 13.4. The van der Waals surface area contributed by atoms with Gasteiger partial charge >= 0.3 is 54.4 Å². The summed E-state index contributed by atoms with van der Waals surface area (Å²) in [5, 5.41) is -14.4. The van der Waals surface area contributed by atoms with Gasteiger partial charge < -0.3 is 4.89 Å². The van der Waals surface area contributed by atoms with Gasteiger partial charge in [-0.2, -0.15) is 87.6 Å². The number of phosphoric ester groups is 1. The van der Waals surface area contributed by atoms with Crippen molar-refractivity contribution in [3.63, 3.8) is 0 Å². The van der Waals surface area contributed by atoms with Gasteiger partial charge in [0.05, 0.1) is 13.2 Å². The standard InChI is InChI=1S/C16H19F18N2O8PS2/c1-3-35(46(39,40)15(31,32)11(21,22)9(17,18)13(25,26)27)5-7-43-45(37,38)44-8-6-36(4-2)47(41,42)16(33,34)12(23,24)10(19,20)14(28,29)30/h3-8H2,1-2H3,(H,37,38). The van der Waals surface area contributed by atoms with Crippen molar-refractivity contribution >= 4 is 27.9 Å². The number of rotatable bonds is 18. The first-order valence-electron chi connectivity index (χ1n) is 11.3. The van der Waals surface area contributed by atoms with Crippen LogP contribution in [-0.4, -0.2) is 116 Å². The van der Waals surface area contributed by atoms with Crippen LogP contribution in [0.2, 0.25) is 0 Å². The largest absolute Gasteiger partial charge is 0.472 e. The van der Waals surface area contributed by atoms with E-state index in [4.69, 9.17) is 0 Å². The lowest BCUT2D eigenvalue weighted by Gasteiger charge is -2.35. The SMILES string of the molecule is CCN(CCOP(=O)(O)OCCN(CC)S(=O)(=O)C(F)(F)C(F)(F)C(F)(F)C(F)(F)F)S(=O)(=O)C(F)(F)C(F)(F)C(F)(F)C(F)(F)F. The van der Waals surface area contributed by atoms with Crippen LogP contribution < -0.4 is 0 Å². The summed E-state index contributed by atoms with van der Waals surface area (Å²) in [6.45, 7) is -9.09. The van der Waals surface area contributed by atoms with Crippen molar-refractivity contribution in [2.75, 3.05) is 39.4 Å². The summed E-state index contributed by atoms with van der Waals surface area (Å²) < 4.78 is 301. The second-order valence-electron chi connectivity index (χ2n) is 8.46. The molecule has 47 heavy (non-hydrogen) atoms. The minimum atomic E-state index is -7.66. The molecule has 0 aliphatic rings. The molecule has 0 rings (SSSR count). The average Bonchev–Trinajstić information content (AvgIpc) is 2.86. The van der Waals surface area contributed by atoms with E-state index < -0.39 is 122 Å². The molecule has 0 radical (unpaired) electrons. The van der Waals surface area contributed by atoms with Crippen molar-refractivity contribution in [3.8, 4) is 0 Å². The summed E-state index contributed by atoms with van der Waals surface area (Å²) >= 11 is 0. The molecule has 0 aromatic rings. The molecule has 0 saturated heterocycles. The van der Waals surface area contributed by atoms with Crippen molar-refractivity contribution in [1.29, 1.82) is 0 Å². The van der Waals surface area contributed by atoms with Crippen LogP contribution in [-0.2, 0) is 33.7 Å². The molecule has 0 fully saturated rings. The van der Waals surface area contributed by atoms with Gasteiger partial charge in [0.2, 0.25) is 0 Å². The summed E-state index contributed by atoms with van der Waals surface area (Å²) in [6.07, 6.45) is -14.8. The summed E-state index contributed by atoms with van der Waals surface area (Å²) in [7, 11) is -20.3. The molecular formula is C16H19F18N2O8PS2. The minimum Gasteiger partial charge on any atom is -0.302 e. The first-order valence-corrected chi connectivity index (χ1v) is 15.7. The summed E-state index contributed by atoms with van der Waals surface area (Å²) in [6, 6.07) is 0. The number of likely N-dealkylation sites (N-methyl/N-ethyl adjacent to an activating group) is 2. The molecule has 0 heterocycles. The Hall–Kier alpha value is -1.33. The maximum absolute atomic E-state index is 14.0. The Labute approximate surface area is 251 Å². The highest BCUT2D eigenvalue weighted by molar-refractivity contribution is 7.90. The minimum absolute atomic E-state index is 0.506. The summed E-state index contributed by atoms with van der Waals surface area (Å²) in [5.41, 5.74) is 0. The van der Waals surface area contributed by atoms with E-state index >= 15 is 0 Å². The van der Waals surface area contributed by atoms with Crippen LogP contribution in [0.4, 0.5) is 79.0 Å². The van der Waals surface area contributed by atoms with Crippen LogP contribution in [0.5, 0.6) is 0 Å². The zero-order chi connectivity index (χ0) is 38.3. The maximum atomic E-state index is 14.0. The quantitative estimate of drug-likeness (QED) is 0.147. The van der Waals surface area contributed by atoms with Crippen LogP contribution in [0.3, 0.4) is 0 Å². The molecule has 0 aromatic carbocycles. The molecule has 10 nitrogen and oxygen atoms in total. The van der Waals surface area contributed by atoms with E-state index in [1.165, 1.54) is 0 Å². The molecule has 0 amide bonds. The Balaban J connectivity index is 5.79. The van der Waals surface area contributed by atoms with Gasteiger partial charge in [-0.05, 0) is 0 Å². The number of hydrogen-bond acceptors (Lipinski definition) is 7. The third-order valence-electron chi connectivity index (χ3n) is 5.46. The van der Waals surface area contributed by atoms with E-state index in [0.717, 1.165) is 0 Å². The van der Waals surface area contributed by atoms with E-state index in [9.17, 15) is 105 Å². The highest BCUT2D eigenvalue weighted by Gasteiger charge is 2.87. The Morgan fingerprint density at radius 3 is 0.957 bits per heavy atom. The third kappa shape index (κ3) is 8.03. The molecular weight excluding hydrogens is 785 g/mol. The van der Waals surface area contributed by atoms with Gasteiger partial charge in [-0.1, -0.05) is 13.8 Å². The van der Waals surface area contributed by atoms with Gasteiger partial charge in [0.15, 0.2) is 0 Å². The maximum Gasteiger partial charge on any atom is 0.472 e. The first-order chi connectivity index (χ1) is 20.3. The first kappa shape index (κ1) is 45.7.